The molecule has 0 saturated carbocycles. The fraction of sp³-hybridized carbons (Fsp3) is 1.00. The van der Waals surface area contributed by atoms with Crippen LogP contribution in [0.1, 0.15) is 113 Å². The van der Waals surface area contributed by atoms with Gasteiger partial charge in [0.15, 0.2) is 0 Å². The minimum Gasteiger partial charge on any atom is -0.394 e. The molecule has 6 nitrogen and oxygen atoms in total. The Labute approximate surface area is 224 Å². The van der Waals surface area contributed by atoms with Crippen LogP contribution in [0, 0.1) is 10.8 Å². The van der Waals surface area contributed by atoms with Crippen molar-refractivity contribution in [3.05, 3.63) is 0 Å². The molecule has 0 bridgehead atoms. The first-order valence-electron chi connectivity index (χ1n) is 14.7. The predicted molar refractivity (Wildman–Crippen MR) is 150 cm³/mol. The van der Waals surface area contributed by atoms with Gasteiger partial charge in [-0.15, -0.1) is 0 Å². The Balaban J connectivity index is 4.15. The van der Waals surface area contributed by atoms with E-state index >= 15 is 0 Å². The maximum Gasteiger partial charge on any atom is 0.0857 e. The molecule has 0 aromatic heterocycles. The van der Waals surface area contributed by atoms with Crippen LogP contribution in [0.15, 0.2) is 0 Å². The van der Waals surface area contributed by atoms with Gasteiger partial charge >= 0.3 is 0 Å². The van der Waals surface area contributed by atoms with Gasteiger partial charge in [-0.1, -0.05) is 106 Å². The number of ether oxygens (including phenoxy) is 5. The topological polar surface area (TPSA) is 66.4 Å². The lowest BCUT2D eigenvalue weighted by atomic mass is 9.88. The molecule has 2 atom stereocenters. The van der Waals surface area contributed by atoms with Crippen molar-refractivity contribution in [3.8, 4) is 0 Å². The summed E-state index contributed by atoms with van der Waals surface area (Å²) in [6, 6.07) is 0. The first-order chi connectivity index (χ1) is 17.1. The third kappa shape index (κ3) is 21.8. The molecule has 1 N–H and O–H groups in total. The van der Waals surface area contributed by atoms with Crippen LogP contribution in [0.5, 0.6) is 0 Å². The molecule has 0 fully saturated rings. The first kappa shape index (κ1) is 35.8. The summed E-state index contributed by atoms with van der Waals surface area (Å²) in [6.07, 6.45) is 13.4. The summed E-state index contributed by atoms with van der Waals surface area (Å²) in [5.41, 5.74) is -0.0403. The van der Waals surface area contributed by atoms with Gasteiger partial charge in [0.2, 0.25) is 0 Å². The van der Waals surface area contributed by atoms with Gasteiger partial charge in [-0.2, -0.15) is 0 Å². The van der Waals surface area contributed by atoms with Crippen LogP contribution in [0.2, 0.25) is 0 Å². The van der Waals surface area contributed by atoms with E-state index in [4.69, 9.17) is 28.8 Å². The Morgan fingerprint density at radius 1 is 0.500 bits per heavy atom. The Morgan fingerprint density at radius 3 is 1.50 bits per heavy atom. The third-order valence-corrected chi connectivity index (χ3v) is 6.45. The van der Waals surface area contributed by atoms with Crippen LogP contribution >= 0.6 is 0 Å². The van der Waals surface area contributed by atoms with E-state index in [0.717, 1.165) is 13.0 Å². The predicted octanol–water partition coefficient (Wildman–Crippen LogP) is 6.81. The molecule has 0 aromatic rings. The van der Waals surface area contributed by atoms with E-state index in [1.807, 2.05) is 0 Å². The Hall–Kier alpha value is -0.240. The molecule has 0 heterocycles. The highest BCUT2D eigenvalue weighted by Crippen LogP contribution is 2.27. The van der Waals surface area contributed by atoms with Crippen molar-refractivity contribution in [1.82, 2.24) is 0 Å². The highest BCUT2D eigenvalue weighted by atomic mass is 16.6. The fourth-order valence-corrected chi connectivity index (χ4v) is 3.82. The smallest absolute Gasteiger partial charge is 0.0857 e. The maximum absolute atomic E-state index is 8.71. The summed E-state index contributed by atoms with van der Waals surface area (Å²) in [6.45, 7) is 19.8. The molecule has 0 radical (unpaired) electrons. The molecule has 0 aromatic carbocycles. The minimum absolute atomic E-state index is 0.00209. The van der Waals surface area contributed by atoms with Gasteiger partial charge in [-0.25, -0.2) is 0 Å². The van der Waals surface area contributed by atoms with E-state index in [0.29, 0.717) is 46.2 Å². The molecule has 218 valence electrons. The largest absolute Gasteiger partial charge is 0.394 e. The molecule has 0 aliphatic rings. The lowest BCUT2D eigenvalue weighted by molar-refractivity contribution is -0.132. The van der Waals surface area contributed by atoms with E-state index in [2.05, 4.69) is 48.5 Å². The van der Waals surface area contributed by atoms with Crippen LogP contribution in [0.4, 0.5) is 0 Å². The molecule has 0 aliphatic heterocycles. The van der Waals surface area contributed by atoms with Crippen LogP contribution in [-0.2, 0) is 23.7 Å². The summed E-state index contributed by atoms with van der Waals surface area (Å²) < 4.78 is 29.3. The zero-order chi connectivity index (χ0) is 27.1. The van der Waals surface area contributed by atoms with Crippen molar-refractivity contribution >= 4 is 0 Å². The zero-order valence-corrected chi connectivity index (χ0v) is 25.1. The third-order valence-electron chi connectivity index (χ3n) is 6.45. The van der Waals surface area contributed by atoms with Crippen molar-refractivity contribution in [2.24, 2.45) is 10.8 Å². The summed E-state index contributed by atoms with van der Waals surface area (Å²) in [5, 5.41) is 8.71. The van der Waals surface area contributed by atoms with Gasteiger partial charge in [0, 0.05) is 6.61 Å². The van der Waals surface area contributed by atoms with Crippen molar-refractivity contribution in [2.75, 3.05) is 59.5 Å². The van der Waals surface area contributed by atoms with Crippen molar-refractivity contribution in [1.29, 1.82) is 0 Å². The van der Waals surface area contributed by atoms with Gasteiger partial charge < -0.3 is 28.8 Å². The SMILES string of the molecule is CCCCCCCCCCCCOCC(OCC(OCCOCCOCCO)C(C)(C)C)C(C)(C)C. The highest BCUT2D eigenvalue weighted by molar-refractivity contribution is 4.79. The van der Waals surface area contributed by atoms with Gasteiger partial charge in [0.1, 0.15) is 0 Å². The van der Waals surface area contributed by atoms with Gasteiger partial charge in [-0.3, -0.25) is 0 Å². The second kappa shape index (κ2) is 22.7. The Kier molecular flexibility index (Phi) is 22.6. The summed E-state index contributed by atoms with van der Waals surface area (Å²) in [7, 11) is 0. The number of hydrogen-bond acceptors (Lipinski definition) is 6. The molecular formula is C30H62O6. The lowest BCUT2D eigenvalue weighted by Gasteiger charge is -2.35. The molecule has 0 saturated heterocycles. The molecule has 6 heteroatoms. The fourth-order valence-electron chi connectivity index (χ4n) is 3.82. The average molecular weight is 519 g/mol. The second-order valence-corrected chi connectivity index (χ2v) is 12.1. The molecule has 0 spiro atoms. The minimum atomic E-state index is -0.0382. The van der Waals surface area contributed by atoms with Crippen molar-refractivity contribution in [2.45, 2.75) is 125 Å². The van der Waals surface area contributed by atoms with Crippen LogP contribution in [-0.4, -0.2) is 76.8 Å². The number of aliphatic hydroxyl groups is 1. The molecule has 0 rings (SSSR count). The molecule has 0 amide bonds. The lowest BCUT2D eigenvalue weighted by Crippen LogP contribution is -2.40. The molecular weight excluding hydrogens is 456 g/mol. The molecule has 0 aliphatic carbocycles. The van der Waals surface area contributed by atoms with E-state index < -0.39 is 0 Å². The summed E-state index contributed by atoms with van der Waals surface area (Å²) >= 11 is 0. The zero-order valence-electron chi connectivity index (χ0n) is 25.1. The van der Waals surface area contributed by atoms with E-state index in [-0.39, 0.29) is 29.6 Å². The summed E-state index contributed by atoms with van der Waals surface area (Å²) in [4.78, 5) is 0. The van der Waals surface area contributed by atoms with Crippen LogP contribution in [0.25, 0.3) is 0 Å². The Morgan fingerprint density at radius 2 is 0.972 bits per heavy atom. The summed E-state index contributed by atoms with van der Waals surface area (Å²) in [5.74, 6) is 0. The quantitative estimate of drug-likeness (QED) is 0.134. The normalized spacial score (nSPS) is 14.3. The van der Waals surface area contributed by atoms with Crippen LogP contribution < -0.4 is 0 Å². The van der Waals surface area contributed by atoms with E-state index in [1.165, 1.54) is 57.8 Å². The Bertz CT molecular complexity index is 457. The van der Waals surface area contributed by atoms with Crippen molar-refractivity contribution in [3.63, 3.8) is 0 Å². The number of aliphatic hydroxyl groups excluding tert-OH is 1. The maximum atomic E-state index is 8.71. The number of hydrogen-bond donors (Lipinski definition) is 1. The number of unbranched alkanes of at least 4 members (excludes halogenated alkanes) is 9. The van der Waals surface area contributed by atoms with Crippen LogP contribution in [0.3, 0.4) is 0 Å². The average Bonchev–Trinajstić information content (AvgIpc) is 2.80. The van der Waals surface area contributed by atoms with Crippen molar-refractivity contribution < 1.29 is 28.8 Å². The first-order valence-corrected chi connectivity index (χ1v) is 14.7. The molecule has 2 unspecified atom stereocenters. The monoisotopic (exact) mass is 518 g/mol. The van der Waals surface area contributed by atoms with Gasteiger partial charge in [0.25, 0.3) is 0 Å². The molecule has 36 heavy (non-hydrogen) atoms. The van der Waals surface area contributed by atoms with E-state index in [1.54, 1.807) is 0 Å². The van der Waals surface area contributed by atoms with Gasteiger partial charge in [-0.05, 0) is 17.3 Å². The van der Waals surface area contributed by atoms with E-state index in [9.17, 15) is 0 Å². The highest BCUT2D eigenvalue weighted by Gasteiger charge is 2.31. The van der Waals surface area contributed by atoms with Gasteiger partial charge in [0.05, 0.1) is 65.1 Å². The second-order valence-electron chi connectivity index (χ2n) is 12.1. The standard InChI is InChI=1S/C30H62O6/c1-8-9-10-11-12-13-14-15-16-17-19-34-25-27(29(2,3)4)36-26-28(30(5,6)7)35-24-23-33-22-21-32-20-18-31/h27-28,31H,8-26H2,1-7H3. The number of rotatable bonds is 25.